The Bertz CT molecular complexity index is 954. The predicted molar refractivity (Wildman–Crippen MR) is 130 cm³/mol. The summed E-state index contributed by atoms with van der Waals surface area (Å²) in [6, 6.07) is 5.78. The van der Waals surface area contributed by atoms with Crippen molar-refractivity contribution in [1.29, 1.82) is 0 Å². The minimum Gasteiger partial charge on any atom is -0.367 e. The Kier molecular flexibility index (Phi) is 8.09. The fraction of sp³-hybridized carbons (Fsp3) is 0.429. The van der Waals surface area contributed by atoms with Gasteiger partial charge < -0.3 is 20.4 Å². The van der Waals surface area contributed by atoms with Crippen molar-refractivity contribution in [3.05, 3.63) is 51.7 Å². The smallest absolute Gasteiger partial charge is 0.242 e. The summed E-state index contributed by atoms with van der Waals surface area (Å²) in [4.78, 5) is 21.9. The van der Waals surface area contributed by atoms with Gasteiger partial charge in [-0.25, -0.2) is 8.78 Å². The number of fused-ring (bicyclic) bond motifs is 1. The Labute approximate surface area is 201 Å². The number of nitrogens with one attached hydrogen (secondary N) is 2. The molecular weight excluding hydrogens is 535 g/mol. The van der Waals surface area contributed by atoms with Crippen LogP contribution in [0.15, 0.2) is 34.6 Å². The van der Waals surface area contributed by atoms with Gasteiger partial charge in [0.05, 0.1) is 12.2 Å². The largest absolute Gasteiger partial charge is 0.367 e. The van der Waals surface area contributed by atoms with E-state index in [9.17, 15) is 13.6 Å². The van der Waals surface area contributed by atoms with Gasteiger partial charge in [-0.05, 0) is 42.0 Å². The second kappa shape index (κ2) is 10.6. The maximum atomic E-state index is 14.0. The molecule has 6 nitrogen and oxygen atoms in total. The van der Waals surface area contributed by atoms with E-state index in [2.05, 4.69) is 27.1 Å². The number of hydrogen-bond donors (Lipinski definition) is 2. The van der Waals surface area contributed by atoms with Gasteiger partial charge in [0.2, 0.25) is 5.91 Å². The fourth-order valence-corrected chi connectivity index (χ4v) is 4.84. The molecule has 168 valence electrons. The second-order valence-corrected chi connectivity index (χ2v) is 8.53. The monoisotopic (exact) mass is 561 g/mol. The first-order valence-corrected chi connectivity index (χ1v) is 10.9. The average Bonchev–Trinajstić information content (AvgIpc) is 3.39. The van der Waals surface area contributed by atoms with E-state index < -0.39 is 11.6 Å². The lowest BCUT2D eigenvalue weighted by molar-refractivity contribution is -0.130. The molecule has 2 aromatic rings. The topological polar surface area (TPSA) is 60.0 Å². The minimum absolute atomic E-state index is 0. The molecule has 1 fully saturated rings. The van der Waals surface area contributed by atoms with Gasteiger partial charge in [-0.2, -0.15) is 0 Å². The van der Waals surface area contributed by atoms with Crippen molar-refractivity contribution in [2.45, 2.75) is 25.4 Å². The standard InChI is InChI=1S/C21H25F2N5OS.HI/c1-24-21(25-11-20(29)28-8-5-19-14(12-28)6-9-30-19)26-16-4-7-27(13-16)18-3-2-15(22)10-17(18)23;/h2-3,6,9-10,16H,4-5,7-8,11-13H2,1H3,(H2,24,25,26);1H. The van der Waals surface area contributed by atoms with Crippen molar-refractivity contribution in [1.82, 2.24) is 15.5 Å². The van der Waals surface area contributed by atoms with Gasteiger partial charge in [-0.3, -0.25) is 9.79 Å². The zero-order valence-corrected chi connectivity index (χ0v) is 20.4. The first-order chi connectivity index (χ1) is 14.5. The predicted octanol–water partition coefficient (Wildman–Crippen LogP) is 2.97. The van der Waals surface area contributed by atoms with Crippen molar-refractivity contribution in [2.24, 2.45) is 4.99 Å². The zero-order chi connectivity index (χ0) is 21.1. The number of benzene rings is 1. The normalized spacial score (nSPS) is 18.4. The van der Waals surface area contributed by atoms with Gasteiger partial charge in [0.15, 0.2) is 5.96 Å². The molecule has 1 aromatic heterocycles. The lowest BCUT2D eigenvalue weighted by Gasteiger charge is -2.27. The molecule has 2 aliphatic rings. The number of halogens is 3. The number of carbonyl (C=O) groups is 1. The molecule has 31 heavy (non-hydrogen) atoms. The summed E-state index contributed by atoms with van der Waals surface area (Å²) in [6.07, 6.45) is 1.70. The zero-order valence-electron chi connectivity index (χ0n) is 17.2. The van der Waals surface area contributed by atoms with Crippen LogP contribution in [0.3, 0.4) is 0 Å². The van der Waals surface area contributed by atoms with E-state index in [0.29, 0.717) is 31.3 Å². The number of guanidine groups is 1. The molecule has 10 heteroatoms. The maximum Gasteiger partial charge on any atom is 0.242 e. The number of anilines is 1. The summed E-state index contributed by atoms with van der Waals surface area (Å²) in [5.74, 6) is -0.554. The molecule has 2 aliphatic heterocycles. The van der Waals surface area contributed by atoms with Crippen LogP contribution in [-0.4, -0.2) is 56.0 Å². The van der Waals surface area contributed by atoms with Crippen molar-refractivity contribution in [3.8, 4) is 0 Å². The van der Waals surface area contributed by atoms with E-state index in [1.165, 1.54) is 22.6 Å². The molecule has 1 saturated heterocycles. The van der Waals surface area contributed by atoms with Crippen molar-refractivity contribution in [2.75, 3.05) is 38.1 Å². The third-order valence-corrected chi connectivity index (χ3v) is 6.59. The molecule has 0 saturated carbocycles. The summed E-state index contributed by atoms with van der Waals surface area (Å²) in [5.41, 5.74) is 1.64. The maximum absolute atomic E-state index is 14.0. The highest BCUT2D eigenvalue weighted by atomic mass is 127. The Balaban J connectivity index is 0.00000272. The second-order valence-electron chi connectivity index (χ2n) is 7.53. The molecule has 1 unspecified atom stereocenters. The van der Waals surface area contributed by atoms with Gasteiger partial charge >= 0.3 is 0 Å². The van der Waals surface area contributed by atoms with Crippen LogP contribution in [0.25, 0.3) is 0 Å². The highest BCUT2D eigenvalue weighted by Crippen LogP contribution is 2.25. The van der Waals surface area contributed by atoms with Gasteiger partial charge in [-0.1, -0.05) is 0 Å². The SMILES string of the molecule is CN=C(NCC(=O)N1CCc2sccc2C1)NC1CCN(c2ccc(F)cc2F)C1.I. The first kappa shape index (κ1) is 23.7. The highest BCUT2D eigenvalue weighted by Gasteiger charge is 2.26. The van der Waals surface area contributed by atoms with Crippen LogP contribution in [0, 0.1) is 11.6 Å². The number of hydrogen-bond acceptors (Lipinski definition) is 4. The van der Waals surface area contributed by atoms with E-state index in [0.717, 1.165) is 25.5 Å². The summed E-state index contributed by atoms with van der Waals surface area (Å²) >= 11 is 1.75. The van der Waals surface area contributed by atoms with Crippen LogP contribution in [-0.2, 0) is 17.8 Å². The van der Waals surface area contributed by atoms with Crippen molar-refractivity contribution < 1.29 is 13.6 Å². The lowest BCUT2D eigenvalue weighted by Crippen LogP contribution is -2.48. The van der Waals surface area contributed by atoms with Gasteiger partial charge in [0.25, 0.3) is 0 Å². The Morgan fingerprint density at radius 2 is 2.13 bits per heavy atom. The van der Waals surface area contributed by atoms with Gasteiger partial charge in [0.1, 0.15) is 11.6 Å². The van der Waals surface area contributed by atoms with Crippen LogP contribution in [0.1, 0.15) is 16.9 Å². The number of carbonyl (C=O) groups excluding carboxylic acids is 1. The molecule has 0 bridgehead atoms. The summed E-state index contributed by atoms with van der Waals surface area (Å²) in [5, 5.41) is 8.47. The molecule has 2 N–H and O–H groups in total. The lowest BCUT2D eigenvalue weighted by atomic mass is 10.1. The summed E-state index contributed by atoms with van der Waals surface area (Å²) in [7, 11) is 1.66. The molecule has 1 atom stereocenters. The van der Waals surface area contributed by atoms with Crippen molar-refractivity contribution >= 4 is 52.9 Å². The van der Waals surface area contributed by atoms with E-state index in [1.807, 2.05) is 9.80 Å². The molecule has 1 aromatic carbocycles. The summed E-state index contributed by atoms with van der Waals surface area (Å²) < 4.78 is 27.2. The highest BCUT2D eigenvalue weighted by molar-refractivity contribution is 14.0. The third-order valence-electron chi connectivity index (χ3n) is 5.57. The Hall–Kier alpha value is -1.95. The van der Waals surface area contributed by atoms with E-state index in [-0.39, 0.29) is 42.5 Å². The van der Waals surface area contributed by atoms with Crippen LogP contribution >= 0.6 is 35.3 Å². The average molecular weight is 561 g/mol. The third kappa shape index (κ3) is 5.65. The molecule has 0 radical (unpaired) electrons. The molecule has 0 spiro atoms. The molecule has 4 rings (SSSR count). The molecule has 1 amide bonds. The van der Waals surface area contributed by atoms with Crippen LogP contribution in [0.4, 0.5) is 14.5 Å². The number of aliphatic imine (C=N–C) groups is 1. The molecular formula is C21H26F2IN5OS. The van der Waals surface area contributed by atoms with Gasteiger partial charge in [0, 0.05) is 50.2 Å². The Morgan fingerprint density at radius 3 is 2.90 bits per heavy atom. The molecule has 0 aliphatic carbocycles. The summed E-state index contributed by atoms with van der Waals surface area (Å²) in [6.45, 7) is 2.80. The van der Waals surface area contributed by atoms with E-state index >= 15 is 0 Å². The van der Waals surface area contributed by atoms with E-state index in [4.69, 9.17) is 0 Å². The quantitative estimate of drug-likeness (QED) is 0.343. The van der Waals surface area contributed by atoms with Crippen LogP contribution in [0.2, 0.25) is 0 Å². The Morgan fingerprint density at radius 1 is 1.29 bits per heavy atom. The number of rotatable bonds is 4. The van der Waals surface area contributed by atoms with Crippen LogP contribution in [0.5, 0.6) is 0 Å². The number of amides is 1. The van der Waals surface area contributed by atoms with E-state index in [1.54, 1.807) is 18.4 Å². The number of nitrogens with zero attached hydrogens (tertiary/aromatic N) is 3. The minimum atomic E-state index is -0.580. The van der Waals surface area contributed by atoms with Crippen molar-refractivity contribution in [3.63, 3.8) is 0 Å². The van der Waals surface area contributed by atoms with Gasteiger partial charge in [-0.15, -0.1) is 35.3 Å². The first-order valence-electron chi connectivity index (χ1n) is 10.0. The fourth-order valence-electron chi connectivity index (χ4n) is 3.96. The molecule has 3 heterocycles. The van der Waals surface area contributed by atoms with Crippen LogP contribution < -0.4 is 15.5 Å². The number of thiophene rings is 1.